The van der Waals surface area contributed by atoms with E-state index in [-0.39, 0.29) is 11.3 Å². The molecule has 6 nitrogen and oxygen atoms in total. The van der Waals surface area contributed by atoms with Crippen LogP contribution in [-0.4, -0.2) is 52.6 Å². The molecule has 0 saturated carbocycles. The van der Waals surface area contributed by atoms with Crippen molar-refractivity contribution in [2.75, 3.05) is 32.1 Å². The molecule has 0 aromatic carbocycles. The van der Waals surface area contributed by atoms with Crippen LogP contribution in [0.2, 0.25) is 5.28 Å². The average Bonchev–Trinajstić information content (AvgIpc) is 2.32. The number of nitrogens with one attached hydrogen (secondary N) is 1. The lowest BCUT2D eigenvalue weighted by atomic mass is 9.94. The van der Waals surface area contributed by atoms with Crippen molar-refractivity contribution in [1.82, 2.24) is 19.9 Å². The minimum absolute atomic E-state index is 0.154. The number of piperidine rings is 1. The summed E-state index contributed by atoms with van der Waals surface area (Å²) in [4.78, 5) is 14.6. The summed E-state index contributed by atoms with van der Waals surface area (Å²) in [5.74, 6) is 1.02. The fourth-order valence-electron chi connectivity index (χ4n) is 2.32. The van der Waals surface area contributed by atoms with Gasteiger partial charge in [0.05, 0.1) is 6.61 Å². The number of aromatic nitrogens is 3. The maximum absolute atomic E-state index is 5.87. The highest BCUT2D eigenvalue weighted by Crippen LogP contribution is 2.20. The van der Waals surface area contributed by atoms with Crippen LogP contribution in [0.25, 0.3) is 0 Å². The molecule has 2 rings (SSSR count). The highest BCUT2D eigenvalue weighted by atomic mass is 35.5. The maximum atomic E-state index is 5.87. The fraction of sp³-hybridized carbons (Fsp3) is 0.750. The van der Waals surface area contributed by atoms with E-state index in [0.29, 0.717) is 24.5 Å². The van der Waals surface area contributed by atoms with Gasteiger partial charge in [-0.2, -0.15) is 15.0 Å². The van der Waals surface area contributed by atoms with E-state index in [1.54, 1.807) is 0 Å². The largest absolute Gasteiger partial charge is 0.464 e. The van der Waals surface area contributed by atoms with Gasteiger partial charge in [-0.3, -0.25) is 0 Å². The SMILES string of the molecule is CCOc1nc(Cl)nc(NC2CCN(C)CC2C)n1. The number of nitrogens with zero attached hydrogens (tertiary/aromatic N) is 4. The number of rotatable bonds is 4. The Labute approximate surface area is 118 Å². The molecule has 0 radical (unpaired) electrons. The standard InChI is InChI=1S/C12H20ClN5O/c1-4-19-12-16-10(13)15-11(17-12)14-9-5-6-18(3)7-8(9)2/h8-9H,4-7H2,1-3H3,(H,14,15,16,17). The van der Waals surface area contributed by atoms with Crippen molar-refractivity contribution < 1.29 is 4.74 Å². The van der Waals surface area contributed by atoms with Crippen LogP contribution in [0, 0.1) is 5.92 Å². The summed E-state index contributed by atoms with van der Waals surface area (Å²) in [6, 6.07) is 0.620. The van der Waals surface area contributed by atoms with Gasteiger partial charge in [0.25, 0.3) is 0 Å². The van der Waals surface area contributed by atoms with E-state index in [1.807, 2.05) is 6.92 Å². The maximum Gasteiger partial charge on any atom is 0.322 e. The van der Waals surface area contributed by atoms with Gasteiger partial charge in [0.1, 0.15) is 0 Å². The Kier molecular flexibility index (Phi) is 4.76. The van der Waals surface area contributed by atoms with Crippen LogP contribution in [0.3, 0.4) is 0 Å². The van der Waals surface area contributed by atoms with Gasteiger partial charge in [-0.15, -0.1) is 0 Å². The van der Waals surface area contributed by atoms with Gasteiger partial charge in [-0.05, 0) is 44.5 Å². The molecule has 2 atom stereocenters. The highest BCUT2D eigenvalue weighted by molar-refractivity contribution is 6.28. The number of hydrogen-bond acceptors (Lipinski definition) is 6. The first-order chi connectivity index (χ1) is 9.08. The smallest absolute Gasteiger partial charge is 0.322 e. The Bertz CT molecular complexity index is 431. The van der Waals surface area contributed by atoms with Crippen LogP contribution in [0.15, 0.2) is 0 Å². The molecule has 7 heteroatoms. The number of anilines is 1. The molecule has 2 heterocycles. The number of ether oxygens (including phenoxy) is 1. The second-order valence-corrected chi connectivity index (χ2v) is 5.26. The molecule has 0 bridgehead atoms. The predicted octanol–water partition coefficient (Wildman–Crippen LogP) is 1.68. The minimum atomic E-state index is 0.154. The van der Waals surface area contributed by atoms with E-state index in [2.05, 4.69) is 39.1 Å². The van der Waals surface area contributed by atoms with Crippen molar-refractivity contribution in [3.8, 4) is 6.01 Å². The summed E-state index contributed by atoms with van der Waals surface area (Å²) >= 11 is 5.87. The molecule has 1 aromatic rings. The third kappa shape index (κ3) is 3.91. The molecule has 2 unspecified atom stereocenters. The van der Waals surface area contributed by atoms with Crippen molar-refractivity contribution >= 4 is 17.5 Å². The molecule has 19 heavy (non-hydrogen) atoms. The topological polar surface area (TPSA) is 63.2 Å². The lowest BCUT2D eigenvalue weighted by molar-refractivity contribution is 0.205. The average molecular weight is 286 g/mol. The van der Waals surface area contributed by atoms with Crippen molar-refractivity contribution in [3.63, 3.8) is 0 Å². The zero-order valence-corrected chi connectivity index (χ0v) is 12.3. The van der Waals surface area contributed by atoms with Crippen LogP contribution >= 0.6 is 11.6 Å². The van der Waals surface area contributed by atoms with Gasteiger partial charge in [0.2, 0.25) is 11.2 Å². The predicted molar refractivity (Wildman–Crippen MR) is 74.7 cm³/mol. The van der Waals surface area contributed by atoms with E-state index >= 15 is 0 Å². The lowest BCUT2D eigenvalue weighted by Gasteiger charge is -2.35. The second-order valence-electron chi connectivity index (χ2n) is 4.92. The van der Waals surface area contributed by atoms with E-state index in [4.69, 9.17) is 16.3 Å². The van der Waals surface area contributed by atoms with Crippen molar-refractivity contribution in [3.05, 3.63) is 5.28 Å². The van der Waals surface area contributed by atoms with Crippen LogP contribution in [-0.2, 0) is 0 Å². The van der Waals surface area contributed by atoms with Gasteiger partial charge in [-0.1, -0.05) is 6.92 Å². The Morgan fingerprint density at radius 2 is 2.21 bits per heavy atom. The molecule has 1 aliphatic heterocycles. The van der Waals surface area contributed by atoms with Crippen molar-refractivity contribution in [1.29, 1.82) is 0 Å². The summed E-state index contributed by atoms with van der Waals surface area (Å²) in [5.41, 5.74) is 0. The first-order valence-corrected chi connectivity index (χ1v) is 6.95. The molecule has 106 valence electrons. The zero-order valence-electron chi connectivity index (χ0n) is 11.6. The van der Waals surface area contributed by atoms with Gasteiger partial charge in [-0.25, -0.2) is 0 Å². The summed E-state index contributed by atoms with van der Waals surface area (Å²) < 4.78 is 5.27. The summed E-state index contributed by atoms with van der Waals surface area (Å²) in [6.45, 7) is 6.74. The first-order valence-electron chi connectivity index (χ1n) is 6.58. The van der Waals surface area contributed by atoms with E-state index in [0.717, 1.165) is 19.5 Å². The fourth-order valence-corrected chi connectivity index (χ4v) is 2.48. The summed E-state index contributed by atoms with van der Waals surface area (Å²) in [5, 5.41) is 3.49. The monoisotopic (exact) mass is 285 g/mol. The quantitative estimate of drug-likeness (QED) is 0.908. The molecule has 1 aliphatic rings. The van der Waals surface area contributed by atoms with Gasteiger partial charge < -0.3 is 15.0 Å². The molecule has 1 saturated heterocycles. The van der Waals surface area contributed by atoms with Crippen LogP contribution in [0.4, 0.5) is 5.95 Å². The number of halogens is 1. The Hall–Kier alpha value is -1.14. The lowest BCUT2D eigenvalue weighted by Crippen LogP contribution is -2.43. The van der Waals surface area contributed by atoms with Gasteiger partial charge in [0, 0.05) is 12.6 Å². The van der Waals surface area contributed by atoms with E-state index in [9.17, 15) is 0 Å². The molecular formula is C12H20ClN5O. The molecule has 0 amide bonds. The van der Waals surface area contributed by atoms with Crippen LogP contribution in [0.5, 0.6) is 6.01 Å². The third-order valence-corrected chi connectivity index (χ3v) is 3.45. The van der Waals surface area contributed by atoms with E-state index < -0.39 is 0 Å². The van der Waals surface area contributed by atoms with Crippen molar-refractivity contribution in [2.24, 2.45) is 5.92 Å². The third-order valence-electron chi connectivity index (χ3n) is 3.28. The normalized spacial score (nSPS) is 24.2. The molecule has 1 N–H and O–H groups in total. The van der Waals surface area contributed by atoms with Crippen LogP contribution in [0.1, 0.15) is 20.3 Å². The van der Waals surface area contributed by atoms with Gasteiger partial charge in [0.15, 0.2) is 0 Å². The van der Waals surface area contributed by atoms with E-state index in [1.165, 1.54) is 0 Å². The van der Waals surface area contributed by atoms with Crippen molar-refractivity contribution in [2.45, 2.75) is 26.3 Å². The second kappa shape index (κ2) is 6.34. The molecule has 0 aliphatic carbocycles. The Morgan fingerprint density at radius 1 is 1.42 bits per heavy atom. The van der Waals surface area contributed by atoms with Gasteiger partial charge >= 0.3 is 6.01 Å². The first kappa shape index (κ1) is 14.3. The zero-order chi connectivity index (χ0) is 13.8. The summed E-state index contributed by atoms with van der Waals surface area (Å²) in [6.07, 6.45) is 1.06. The summed E-state index contributed by atoms with van der Waals surface area (Å²) in [7, 11) is 2.14. The number of likely N-dealkylation sites (tertiary alicyclic amines) is 1. The molecular weight excluding hydrogens is 266 g/mol. The molecule has 1 aromatic heterocycles. The Balaban J connectivity index is 2.05. The highest BCUT2D eigenvalue weighted by Gasteiger charge is 2.25. The minimum Gasteiger partial charge on any atom is -0.464 e. The Morgan fingerprint density at radius 3 is 2.89 bits per heavy atom. The molecule has 0 spiro atoms. The van der Waals surface area contributed by atoms with Crippen LogP contribution < -0.4 is 10.1 Å². The molecule has 1 fully saturated rings. The number of hydrogen-bond donors (Lipinski definition) is 1.